The number of amides is 4. The first kappa shape index (κ1) is 25.3. The van der Waals surface area contributed by atoms with Gasteiger partial charge in [-0.1, -0.05) is 5.92 Å². The third-order valence-electron chi connectivity index (χ3n) is 4.35. The second kappa shape index (κ2) is 11.6. The zero-order chi connectivity index (χ0) is 24.4. The van der Waals surface area contributed by atoms with Crippen molar-refractivity contribution in [2.45, 2.75) is 24.9 Å². The normalized spacial score (nSPS) is 12.7. The van der Waals surface area contributed by atoms with E-state index in [1.54, 1.807) is 11.7 Å². The van der Waals surface area contributed by atoms with Crippen molar-refractivity contribution in [1.29, 1.82) is 0 Å². The lowest BCUT2D eigenvalue weighted by Gasteiger charge is -2.36. The van der Waals surface area contributed by atoms with Gasteiger partial charge >= 0.3 is 6.03 Å². The minimum atomic E-state index is -3.28. The summed E-state index contributed by atoms with van der Waals surface area (Å²) in [5.41, 5.74) is 0.906. The molecule has 2 rings (SSSR count). The zero-order valence-electron chi connectivity index (χ0n) is 17.4. The summed E-state index contributed by atoms with van der Waals surface area (Å²) >= 11 is 1.38. The molecule has 2 unspecified atom stereocenters. The Morgan fingerprint density at radius 1 is 1.15 bits per heavy atom. The van der Waals surface area contributed by atoms with E-state index in [1.165, 1.54) is 48.1 Å². The van der Waals surface area contributed by atoms with Gasteiger partial charge in [0, 0.05) is 18.2 Å². The lowest BCUT2D eigenvalue weighted by atomic mass is 9.91. The third kappa shape index (κ3) is 6.74. The average molecular weight is 475 g/mol. The van der Waals surface area contributed by atoms with E-state index < -0.39 is 35.9 Å². The number of benzene rings is 1. The van der Waals surface area contributed by atoms with E-state index in [-0.39, 0.29) is 5.56 Å². The Labute approximate surface area is 191 Å². The lowest BCUT2D eigenvalue weighted by Crippen LogP contribution is -2.69. The molecule has 0 aliphatic carbocycles. The van der Waals surface area contributed by atoms with Gasteiger partial charge in [0.15, 0.2) is 0 Å². The molecule has 0 aliphatic rings. The molecule has 5 N–H and O–H groups in total. The van der Waals surface area contributed by atoms with Crippen LogP contribution in [0.2, 0.25) is 0 Å². The number of hydrogen-bond donors (Lipinski definition) is 5. The number of hydroxylamine groups is 1. The van der Waals surface area contributed by atoms with Crippen molar-refractivity contribution in [3.63, 3.8) is 0 Å². The fraction of sp³-hybridized carbons (Fsp3) is 0.238. The Hall–Kier alpha value is -4.00. The topological polar surface area (TPSA) is 132 Å². The molecule has 2 atom stereocenters. The first-order chi connectivity index (χ1) is 15.7. The highest BCUT2D eigenvalue weighted by Crippen LogP contribution is 2.21. The standard InChI is InChI=1S/C21H19F2N5O4S/c1-21(19(22)23,27-20(31)24-2)16(18(30)28-32)26-17(29)14-9-7-13(8-10-14)5-3-4-6-15-11-25-12-33-15/h7-12,16,19,32H,1-2H3,(H,26,29)(H,28,30)(H2,24,27,31). The van der Waals surface area contributed by atoms with Crippen LogP contribution in [0.1, 0.15) is 27.7 Å². The minimum Gasteiger partial charge on any atom is -0.341 e. The summed E-state index contributed by atoms with van der Waals surface area (Å²) in [5.74, 6) is 8.69. The van der Waals surface area contributed by atoms with Crippen LogP contribution in [0, 0.1) is 23.7 Å². The highest BCUT2D eigenvalue weighted by Gasteiger charge is 2.48. The molecule has 0 aliphatic heterocycles. The summed E-state index contributed by atoms with van der Waals surface area (Å²) in [6.07, 6.45) is -1.67. The van der Waals surface area contributed by atoms with Crippen molar-refractivity contribution in [2.24, 2.45) is 0 Å². The lowest BCUT2D eigenvalue weighted by molar-refractivity contribution is -0.135. The molecule has 2 aromatic rings. The van der Waals surface area contributed by atoms with Gasteiger partial charge in [0.25, 0.3) is 18.2 Å². The molecule has 12 heteroatoms. The highest BCUT2D eigenvalue weighted by molar-refractivity contribution is 7.10. The summed E-state index contributed by atoms with van der Waals surface area (Å²) < 4.78 is 27.6. The summed E-state index contributed by atoms with van der Waals surface area (Å²) in [5, 5.41) is 15.1. The Morgan fingerprint density at radius 2 is 1.82 bits per heavy atom. The van der Waals surface area contributed by atoms with Crippen LogP contribution in [-0.2, 0) is 4.79 Å². The Morgan fingerprint density at radius 3 is 2.36 bits per heavy atom. The molecule has 0 bridgehead atoms. The maximum absolute atomic E-state index is 13.8. The van der Waals surface area contributed by atoms with Gasteiger partial charge in [0.05, 0.1) is 16.6 Å². The predicted molar refractivity (Wildman–Crippen MR) is 115 cm³/mol. The van der Waals surface area contributed by atoms with Crippen LogP contribution in [0.5, 0.6) is 0 Å². The van der Waals surface area contributed by atoms with Gasteiger partial charge in [-0.25, -0.2) is 19.1 Å². The molecular formula is C21H19F2N5O4S. The van der Waals surface area contributed by atoms with Crippen LogP contribution < -0.4 is 21.4 Å². The maximum Gasteiger partial charge on any atom is 0.315 e. The first-order valence-electron chi connectivity index (χ1n) is 9.24. The monoisotopic (exact) mass is 475 g/mol. The Kier molecular flexibility index (Phi) is 8.86. The highest BCUT2D eigenvalue weighted by atomic mass is 32.1. The molecule has 0 radical (unpaired) electrons. The van der Waals surface area contributed by atoms with Gasteiger partial charge < -0.3 is 16.0 Å². The second-order valence-electron chi connectivity index (χ2n) is 6.61. The third-order valence-corrected chi connectivity index (χ3v) is 5.03. The molecule has 0 saturated heterocycles. The SMILES string of the molecule is CNC(=O)NC(C)(C(F)F)C(NC(=O)c1ccc(C#CC#Cc2cncs2)cc1)C(=O)NO. The number of nitrogens with one attached hydrogen (secondary N) is 4. The second-order valence-corrected chi connectivity index (χ2v) is 7.50. The van der Waals surface area contributed by atoms with Gasteiger partial charge in [-0.3, -0.25) is 19.8 Å². The minimum absolute atomic E-state index is 0.0311. The molecule has 1 heterocycles. The van der Waals surface area contributed by atoms with Crippen molar-refractivity contribution in [3.05, 3.63) is 52.0 Å². The van der Waals surface area contributed by atoms with Crippen LogP contribution in [0.3, 0.4) is 0 Å². The number of carbonyl (C=O) groups excluding carboxylic acids is 3. The molecule has 1 aromatic carbocycles. The number of thiazole rings is 1. The largest absolute Gasteiger partial charge is 0.341 e. The maximum atomic E-state index is 13.8. The summed E-state index contributed by atoms with van der Waals surface area (Å²) in [4.78, 5) is 40.9. The van der Waals surface area contributed by atoms with Crippen molar-refractivity contribution >= 4 is 29.2 Å². The van der Waals surface area contributed by atoms with Crippen LogP contribution in [-0.4, -0.2) is 53.1 Å². The number of alkyl halides is 2. The fourth-order valence-corrected chi connectivity index (χ4v) is 2.97. The van der Waals surface area contributed by atoms with E-state index in [0.29, 0.717) is 5.56 Å². The fourth-order valence-electron chi connectivity index (χ4n) is 2.51. The van der Waals surface area contributed by atoms with E-state index in [0.717, 1.165) is 11.8 Å². The number of halogens is 2. The summed E-state index contributed by atoms with van der Waals surface area (Å²) in [6.45, 7) is 0.860. The number of carbonyl (C=O) groups is 3. The number of nitrogens with zero attached hydrogens (tertiary/aromatic N) is 1. The Balaban J connectivity index is 2.19. The number of hydrogen-bond acceptors (Lipinski definition) is 6. The van der Waals surface area contributed by atoms with Crippen molar-refractivity contribution in [2.75, 3.05) is 7.05 Å². The quantitative estimate of drug-likeness (QED) is 0.243. The van der Waals surface area contributed by atoms with Crippen LogP contribution in [0.4, 0.5) is 13.6 Å². The molecule has 0 fully saturated rings. The summed E-state index contributed by atoms with van der Waals surface area (Å²) in [7, 11) is 1.19. The molecule has 1 aromatic heterocycles. The molecular weight excluding hydrogens is 456 g/mol. The summed E-state index contributed by atoms with van der Waals surface area (Å²) in [6, 6.07) is 2.74. The van der Waals surface area contributed by atoms with Gasteiger partial charge in [-0.2, -0.15) is 0 Å². The van der Waals surface area contributed by atoms with Gasteiger partial charge in [-0.05, 0) is 49.0 Å². The van der Waals surface area contributed by atoms with E-state index >= 15 is 0 Å². The van der Waals surface area contributed by atoms with Crippen LogP contribution in [0.25, 0.3) is 0 Å². The van der Waals surface area contributed by atoms with Gasteiger partial charge in [0.1, 0.15) is 11.6 Å². The molecule has 0 saturated carbocycles. The van der Waals surface area contributed by atoms with Gasteiger partial charge in [-0.15, -0.1) is 11.3 Å². The Bertz CT molecular complexity index is 1120. The number of urea groups is 1. The van der Waals surface area contributed by atoms with Crippen molar-refractivity contribution in [1.82, 2.24) is 26.4 Å². The predicted octanol–water partition coefficient (Wildman–Crippen LogP) is 1.10. The van der Waals surface area contributed by atoms with Crippen LogP contribution in [0.15, 0.2) is 36.0 Å². The smallest absolute Gasteiger partial charge is 0.315 e. The average Bonchev–Trinajstić information content (AvgIpc) is 3.33. The first-order valence-corrected chi connectivity index (χ1v) is 10.1. The molecule has 0 spiro atoms. The number of rotatable bonds is 6. The van der Waals surface area contributed by atoms with E-state index in [1.807, 2.05) is 5.32 Å². The molecule has 33 heavy (non-hydrogen) atoms. The van der Waals surface area contributed by atoms with E-state index in [2.05, 4.69) is 39.3 Å². The molecule has 9 nitrogen and oxygen atoms in total. The molecule has 172 valence electrons. The van der Waals surface area contributed by atoms with E-state index in [4.69, 9.17) is 5.21 Å². The van der Waals surface area contributed by atoms with Gasteiger partial charge in [0.2, 0.25) is 0 Å². The van der Waals surface area contributed by atoms with Crippen molar-refractivity contribution < 1.29 is 28.4 Å². The molecule has 4 amide bonds. The van der Waals surface area contributed by atoms with Crippen LogP contribution >= 0.6 is 11.3 Å². The zero-order valence-corrected chi connectivity index (χ0v) is 18.2. The number of aromatic nitrogens is 1. The van der Waals surface area contributed by atoms with Crippen molar-refractivity contribution in [3.8, 4) is 23.7 Å². The van der Waals surface area contributed by atoms with E-state index in [9.17, 15) is 23.2 Å².